The molecule has 0 saturated carbocycles. The van der Waals surface area contributed by atoms with E-state index in [1.54, 1.807) is 6.92 Å². The van der Waals surface area contributed by atoms with Gasteiger partial charge in [-0.2, -0.15) is 0 Å². The van der Waals surface area contributed by atoms with Crippen molar-refractivity contribution in [3.05, 3.63) is 0 Å². The van der Waals surface area contributed by atoms with Crippen LogP contribution in [-0.2, 0) is 9.53 Å². The summed E-state index contributed by atoms with van der Waals surface area (Å²) in [5.74, 6) is 0.0698. The molecule has 1 N–H and O–H groups in total. The normalized spacial score (nSPS) is 13.6. The first-order valence-corrected chi connectivity index (χ1v) is 6.15. The molecule has 3 nitrogen and oxygen atoms in total. The molecule has 0 aliphatic carbocycles. The van der Waals surface area contributed by atoms with Gasteiger partial charge in [-0.15, -0.1) is 0 Å². The van der Waals surface area contributed by atoms with E-state index < -0.39 is 0 Å². The zero-order chi connectivity index (χ0) is 12.6. The molecule has 0 spiro atoms. The Morgan fingerprint density at radius 2 is 1.94 bits per heavy atom. The lowest BCUT2D eigenvalue weighted by Gasteiger charge is -2.21. The number of rotatable bonds is 7. The Balaban J connectivity index is 3.79. The number of aliphatic hydroxyl groups is 1. The highest BCUT2D eigenvalue weighted by Gasteiger charge is 2.16. The lowest BCUT2D eigenvalue weighted by Crippen LogP contribution is -2.14. The van der Waals surface area contributed by atoms with E-state index >= 15 is 0 Å². The molecule has 0 aromatic rings. The van der Waals surface area contributed by atoms with Crippen molar-refractivity contribution in [1.82, 2.24) is 0 Å². The zero-order valence-electron chi connectivity index (χ0n) is 11.1. The first-order valence-electron chi connectivity index (χ1n) is 6.15. The van der Waals surface area contributed by atoms with Crippen molar-refractivity contribution in [2.45, 2.75) is 53.4 Å². The Morgan fingerprint density at radius 3 is 2.38 bits per heavy atom. The van der Waals surface area contributed by atoms with Gasteiger partial charge in [0.25, 0.3) is 0 Å². The highest BCUT2D eigenvalue weighted by molar-refractivity contribution is 5.69. The number of hydrogen-bond donors (Lipinski definition) is 1. The van der Waals surface area contributed by atoms with Gasteiger partial charge in [0.2, 0.25) is 0 Å². The summed E-state index contributed by atoms with van der Waals surface area (Å²) in [7, 11) is 0. The quantitative estimate of drug-likeness (QED) is 0.684. The van der Waals surface area contributed by atoms with Crippen LogP contribution in [0.15, 0.2) is 0 Å². The van der Waals surface area contributed by atoms with Gasteiger partial charge in [0.15, 0.2) is 0 Å². The van der Waals surface area contributed by atoms with E-state index in [0.717, 1.165) is 19.3 Å². The van der Waals surface area contributed by atoms with Gasteiger partial charge < -0.3 is 9.84 Å². The van der Waals surface area contributed by atoms with Crippen LogP contribution in [0.5, 0.6) is 0 Å². The topological polar surface area (TPSA) is 46.5 Å². The van der Waals surface area contributed by atoms with Gasteiger partial charge in [-0.1, -0.05) is 20.8 Å². The Labute approximate surface area is 99.2 Å². The van der Waals surface area contributed by atoms with Crippen LogP contribution in [0, 0.1) is 11.3 Å². The third kappa shape index (κ3) is 8.72. The standard InChI is InChI=1S/C13H26O3/c1-5-16-12(15)7-6-11(10-14)8-9-13(2,3)4/h11,14H,5-10H2,1-4H3/t11-/m0/s1. The van der Waals surface area contributed by atoms with Crippen LogP contribution in [0.3, 0.4) is 0 Å². The Kier molecular flexibility index (Phi) is 7.39. The Hall–Kier alpha value is -0.570. The second kappa shape index (κ2) is 7.66. The molecule has 16 heavy (non-hydrogen) atoms. The first-order chi connectivity index (χ1) is 7.39. The summed E-state index contributed by atoms with van der Waals surface area (Å²) >= 11 is 0. The number of carbonyl (C=O) groups excluding carboxylic acids is 1. The van der Waals surface area contributed by atoms with Crippen LogP contribution in [0.1, 0.15) is 53.4 Å². The lowest BCUT2D eigenvalue weighted by atomic mass is 9.85. The first kappa shape index (κ1) is 15.4. The van der Waals surface area contributed by atoms with Crippen molar-refractivity contribution < 1.29 is 14.6 Å². The molecule has 1 atom stereocenters. The SMILES string of the molecule is CCOC(=O)CC[C@H](CO)CCC(C)(C)C. The van der Waals surface area contributed by atoms with Crippen LogP contribution in [0.25, 0.3) is 0 Å². The van der Waals surface area contributed by atoms with Gasteiger partial charge in [-0.25, -0.2) is 0 Å². The fourth-order valence-corrected chi connectivity index (χ4v) is 1.52. The minimum Gasteiger partial charge on any atom is -0.466 e. The van der Waals surface area contributed by atoms with Crippen molar-refractivity contribution in [1.29, 1.82) is 0 Å². The van der Waals surface area contributed by atoms with Crippen molar-refractivity contribution in [2.24, 2.45) is 11.3 Å². The summed E-state index contributed by atoms with van der Waals surface area (Å²) in [5, 5.41) is 9.21. The number of carbonyl (C=O) groups is 1. The van der Waals surface area contributed by atoms with E-state index in [2.05, 4.69) is 20.8 Å². The van der Waals surface area contributed by atoms with Crippen molar-refractivity contribution in [3.8, 4) is 0 Å². The molecule has 0 heterocycles. The average molecular weight is 230 g/mol. The van der Waals surface area contributed by atoms with E-state index in [1.807, 2.05) is 0 Å². The predicted octanol–water partition coefficient (Wildman–Crippen LogP) is 2.76. The van der Waals surface area contributed by atoms with Gasteiger partial charge in [-0.05, 0) is 37.5 Å². The highest BCUT2D eigenvalue weighted by atomic mass is 16.5. The average Bonchev–Trinajstić information content (AvgIpc) is 2.17. The maximum atomic E-state index is 11.2. The van der Waals surface area contributed by atoms with Crippen LogP contribution in [0.2, 0.25) is 0 Å². The molecular weight excluding hydrogens is 204 g/mol. The summed E-state index contributed by atoms with van der Waals surface area (Å²) in [6.45, 7) is 8.97. The lowest BCUT2D eigenvalue weighted by molar-refractivity contribution is -0.143. The summed E-state index contributed by atoms with van der Waals surface area (Å²) in [6.07, 6.45) is 3.19. The van der Waals surface area contributed by atoms with E-state index in [9.17, 15) is 9.90 Å². The smallest absolute Gasteiger partial charge is 0.305 e. The molecule has 0 amide bonds. The Morgan fingerprint density at radius 1 is 1.31 bits per heavy atom. The van der Waals surface area contributed by atoms with Gasteiger partial charge >= 0.3 is 5.97 Å². The fraction of sp³-hybridized carbons (Fsp3) is 0.923. The number of aliphatic hydroxyl groups excluding tert-OH is 1. The third-order valence-electron chi connectivity index (χ3n) is 2.62. The summed E-state index contributed by atoms with van der Waals surface area (Å²) in [5.41, 5.74) is 0.289. The summed E-state index contributed by atoms with van der Waals surface area (Å²) in [6, 6.07) is 0. The second-order valence-electron chi connectivity index (χ2n) is 5.49. The molecule has 0 fully saturated rings. The maximum Gasteiger partial charge on any atom is 0.305 e. The number of esters is 1. The fourth-order valence-electron chi connectivity index (χ4n) is 1.52. The van der Waals surface area contributed by atoms with Crippen molar-refractivity contribution in [2.75, 3.05) is 13.2 Å². The number of ether oxygens (including phenoxy) is 1. The molecular formula is C13H26O3. The maximum absolute atomic E-state index is 11.2. The predicted molar refractivity (Wildman–Crippen MR) is 65.1 cm³/mol. The highest BCUT2D eigenvalue weighted by Crippen LogP contribution is 2.25. The molecule has 0 aromatic carbocycles. The van der Waals surface area contributed by atoms with E-state index in [1.165, 1.54) is 0 Å². The molecule has 0 radical (unpaired) electrons. The molecule has 3 heteroatoms. The molecule has 96 valence electrons. The molecule has 0 aliphatic rings. The third-order valence-corrected chi connectivity index (χ3v) is 2.62. The van der Waals surface area contributed by atoms with Crippen LogP contribution >= 0.6 is 0 Å². The molecule has 0 saturated heterocycles. The van der Waals surface area contributed by atoms with Crippen LogP contribution in [0.4, 0.5) is 0 Å². The van der Waals surface area contributed by atoms with Crippen molar-refractivity contribution >= 4 is 5.97 Å². The molecule has 0 rings (SSSR count). The van der Waals surface area contributed by atoms with Crippen LogP contribution in [-0.4, -0.2) is 24.3 Å². The van der Waals surface area contributed by atoms with Gasteiger partial charge in [0.05, 0.1) is 6.61 Å². The summed E-state index contributed by atoms with van der Waals surface area (Å²) < 4.78 is 4.86. The van der Waals surface area contributed by atoms with E-state index in [-0.39, 0.29) is 23.9 Å². The van der Waals surface area contributed by atoms with E-state index in [0.29, 0.717) is 13.0 Å². The van der Waals surface area contributed by atoms with Crippen LogP contribution < -0.4 is 0 Å². The number of hydrogen-bond acceptors (Lipinski definition) is 3. The largest absolute Gasteiger partial charge is 0.466 e. The molecule has 0 unspecified atom stereocenters. The molecule has 0 aliphatic heterocycles. The minimum atomic E-state index is -0.156. The van der Waals surface area contributed by atoms with Gasteiger partial charge in [0.1, 0.15) is 0 Å². The van der Waals surface area contributed by atoms with Gasteiger partial charge in [-0.3, -0.25) is 4.79 Å². The summed E-state index contributed by atoms with van der Waals surface area (Å²) in [4.78, 5) is 11.2. The molecule has 0 aromatic heterocycles. The zero-order valence-corrected chi connectivity index (χ0v) is 11.1. The monoisotopic (exact) mass is 230 g/mol. The van der Waals surface area contributed by atoms with E-state index in [4.69, 9.17) is 4.74 Å². The molecule has 0 bridgehead atoms. The van der Waals surface area contributed by atoms with Crippen molar-refractivity contribution in [3.63, 3.8) is 0 Å². The minimum absolute atomic E-state index is 0.156. The van der Waals surface area contributed by atoms with Gasteiger partial charge in [0, 0.05) is 13.0 Å². The Bertz CT molecular complexity index is 194. The second-order valence-corrected chi connectivity index (χ2v) is 5.49.